The van der Waals surface area contributed by atoms with E-state index >= 15 is 0 Å². The maximum atomic E-state index is 14.8. The number of carbonyl (C=O) groups is 4. The van der Waals surface area contributed by atoms with Crippen molar-refractivity contribution in [3.05, 3.63) is 144 Å². The maximum absolute atomic E-state index is 14.8. The molecule has 59 heavy (non-hydrogen) atoms. The Kier molecular flexibility index (Phi) is 16.2. The minimum absolute atomic E-state index is 0.142. The van der Waals surface area contributed by atoms with E-state index in [0.29, 0.717) is 0 Å². The number of benzene rings is 4. The van der Waals surface area contributed by atoms with Gasteiger partial charge in [-0.3, -0.25) is 19.2 Å². The summed E-state index contributed by atoms with van der Waals surface area (Å²) in [6.45, 7) is 20.0. The fourth-order valence-electron chi connectivity index (χ4n) is 7.93. The third kappa shape index (κ3) is 13.9. The van der Waals surface area contributed by atoms with E-state index in [1.807, 2.05) is 121 Å². The molecule has 0 aliphatic carbocycles. The summed E-state index contributed by atoms with van der Waals surface area (Å²) in [6, 6.07) is 33.7. The van der Waals surface area contributed by atoms with Crippen LogP contribution in [-0.2, 0) is 49.3 Å². The van der Waals surface area contributed by atoms with Crippen LogP contribution in [0.3, 0.4) is 0 Å². The molecule has 0 aromatic heterocycles. The van der Waals surface area contributed by atoms with Crippen LogP contribution in [-0.4, -0.2) is 64.2 Å². The molecule has 5 N–H and O–H groups in total. The zero-order valence-electron chi connectivity index (χ0n) is 36.5. The molecule has 0 bridgehead atoms. The van der Waals surface area contributed by atoms with Crippen molar-refractivity contribution < 1.29 is 23.6 Å². The second-order valence-electron chi connectivity index (χ2n) is 19.0. The topological polar surface area (TPSA) is 140 Å². The Labute approximate surface area is 354 Å². The number of rotatable bonds is 18. The number of hydrogen-bond acceptors (Lipinski definition) is 6. The monoisotopic (exact) mass is 834 g/mol. The highest BCUT2D eigenvalue weighted by molar-refractivity contribution is 6.96. The van der Waals surface area contributed by atoms with Crippen molar-refractivity contribution in [1.82, 2.24) is 16.0 Å². The van der Waals surface area contributed by atoms with Gasteiger partial charge in [-0.05, 0) is 44.4 Å². The van der Waals surface area contributed by atoms with E-state index < -0.39 is 64.2 Å². The van der Waals surface area contributed by atoms with Gasteiger partial charge in [-0.25, -0.2) is 0 Å². The van der Waals surface area contributed by atoms with Gasteiger partial charge in [-0.2, -0.15) is 0 Å². The highest BCUT2D eigenvalue weighted by Crippen LogP contribution is 2.55. The summed E-state index contributed by atoms with van der Waals surface area (Å²) in [7, 11) is -4.67. The van der Waals surface area contributed by atoms with Gasteiger partial charge in [0.05, 0.1) is 6.04 Å². The van der Waals surface area contributed by atoms with Gasteiger partial charge in [-0.15, -0.1) is 0 Å². The molecule has 0 radical (unpaired) electrons. The molecule has 9 nitrogen and oxygen atoms in total. The van der Waals surface area contributed by atoms with E-state index in [1.165, 1.54) is 0 Å². The van der Waals surface area contributed by atoms with Gasteiger partial charge >= 0.3 is 5.97 Å². The van der Waals surface area contributed by atoms with Crippen molar-refractivity contribution in [3.63, 3.8) is 0 Å². The summed E-state index contributed by atoms with van der Waals surface area (Å²) in [5, 5.41) is 8.31. The van der Waals surface area contributed by atoms with Crippen molar-refractivity contribution in [2.24, 2.45) is 5.73 Å². The summed E-state index contributed by atoms with van der Waals surface area (Å²) in [6.07, 6.45) is 0.803. The minimum Gasteiger partial charge on any atom is -0.517 e. The van der Waals surface area contributed by atoms with Gasteiger partial charge in [0.2, 0.25) is 17.7 Å². The lowest BCUT2D eigenvalue weighted by atomic mass is 10.0. The highest BCUT2D eigenvalue weighted by Gasteiger charge is 2.59. The Morgan fingerprint density at radius 2 is 0.814 bits per heavy atom. The molecule has 0 aliphatic rings. The molecule has 316 valence electrons. The largest absolute Gasteiger partial charge is 0.517 e. The highest BCUT2D eigenvalue weighted by atomic mass is 28.4. The summed E-state index contributed by atoms with van der Waals surface area (Å²) in [4.78, 5) is 57.4. The lowest BCUT2D eigenvalue weighted by Crippen LogP contribution is -2.62. The van der Waals surface area contributed by atoms with Gasteiger partial charge in [0.15, 0.2) is 0 Å². The van der Waals surface area contributed by atoms with Crippen LogP contribution in [0.5, 0.6) is 0 Å². The van der Waals surface area contributed by atoms with Crippen LogP contribution >= 0.6 is 0 Å². The van der Waals surface area contributed by atoms with Crippen LogP contribution in [0.15, 0.2) is 121 Å². The molecule has 0 fully saturated rings. The average molecular weight is 835 g/mol. The lowest BCUT2D eigenvalue weighted by molar-refractivity contribution is -0.141. The number of hydrogen-bond donors (Lipinski definition) is 4. The summed E-state index contributed by atoms with van der Waals surface area (Å²) >= 11 is 0. The van der Waals surface area contributed by atoms with Crippen LogP contribution in [0, 0.1) is 0 Å². The van der Waals surface area contributed by atoms with E-state index in [9.17, 15) is 19.2 Å². The molecular formula is C48H66N4O5Si2. The predicted octanol–water partition coefficient (Wildman–Crippen LogP) is 7.71. The van der Waals surface area contributed by atoms with Gasteiger partial charge in [0.25, 0.3) is 8.32 Å². The van der Waals surface area contributed by atoms with Crippen LogP contribution in [0.2, 0.25) is 35.4 Å². The van der Waals surface area contributed by atoms with Crippen molar-refractivity contribution in [2.75, 3.05) is 0 Å². The molecule has 3 amide bonds. The first-order valence-corrected chi connectivity index (χ1v) is 26.5. The van der Waals surface area contributed by atoms with Gasteiger partial charge < -0.3 is 26.1 Å². The van der Waals surface area contributed by atoms with E-state index in [1.54, 1.807) is 0 Å². The second kappa shape index (κ2) is 20.4. The molecule has 0 spiro atoms. The number of nitrogens with two attached hydrogens (primary N) is 1. The Hall–Kier alpha value is -4.85. The molecule has 0 heterocycles. The normalized spacial score (nSPS) is 14.3. The SMILES string of the molecule is CC(C)(C)[Si](C[Si](C)(C)C)(OC(=O)[C@H](Cc1ccccc1)NC(=O)[C@H](Cc1ccccc1)NC(=O)[C@H](Cc1ccccc1)NC(=O)[C@@H](N)Cc1ccccc1)C(C)(C)C. The number of carbonyl (C=O) groups excluding carboxylic acids is 4. The molecule has 0 saturated heterocycles. The second-order valence-corrected chi connectivity index (χ2v) is 30.4. The molecule has 4 aromatic rings. The fraction of sp³-hybridized carbons (Fsp3) is 0.417. The van der Waals surface area contributed by atoms with E-state index in [0.717, 1.165) is 27.9 Å². The fourth-order valence-corrected chi connectivity index (χ4v) is 21.8. The Morgan fingerprint density at radius 1 is 0.508 bits per heavy atom. The lowest BCUT2D eigenvalue weighted by Gasteiger charge is -2.52. The number of amides is 3. The van der Waals surface area contributed by atoms with Gasteiger partial charge in [0, 0.05) is 27.3 Å². The molecule has 0 aliphatic heterocycles. The van der Waals surface area contributed by atoms with Crippen molar-refractivity contribution >= 4 is 40.1 Å². The molecule has 0 saturated carbocycles. The first kappa shape index (κ1) is 46.8. The van der Waals surface area contributed by atoms with Gasteiger partial charge in [0.1, 0.15) is 18.1 Å². The average Bonchev–Trinajstić information content (AvgIpc) is 3.17. The minimum atomic E-state index is -2.90. The van der Waals surface area contributed by atoms with E-state index in [2.05, 4.69) is 77.1 Å². The Balaban J connectivity index is 1.68. The molecule has 4 aromatic carbocycles. The summed E-state index contributed by atoms with van der Waals surface area (Å²) in [5.41, 5.74) is 10.6. The first-order chi connectivity index (χ1) is 27.7. The quantitative estimate of drug-likeness (QED) is 0.0758. The summed E-state index contributed by atoms with van der Waals surface area (Å²) in [5.74, 6) is -2.03. The van der Waals surface area contributed by atoms with Gasteiger partial charge in [-0.1, -0.05) is 183 Å². The van der Waals surface area contributed by atoms with Crippen LogP contribution in [0.1, 0.15) is 63.8 Å². The zero-order valence-corrected chi connectivity index (χ0v) is 38.5. The van der Waals surface area contributed by atoms with E-state index in [4.69, 9.17) is 10.2 Å². The van der Waals surface area contributed by atoms with Crippen molar-refractivity contribution in [3.8, 4) is 0 Å². The molecule has 11 heteroatoms. The zero-order chi connectivity index (χ0) is 43.4. The molecular weight excluding hydrogens is 769 g/mol. The van der Waals surface area contributed by atoms with E-state index in [-0.39, 0.29) is 35.8 Å². The standard InChI is InChI=1S/C48H66N4O5Si2/c1-47(2,3)59(48(4,5)6,34-58(7,8)9)57-46(56)42(33-38-28-20-13-21-29-38)52-45(55)41(32-37-26-18-12-19-27-37)51-44(54)40(31-36-24-16-11-17-25-36)50-43(53)39(49)30-35-22-14-10-15-23-35/h10-29,39-42H,30-34,49H2,1-9H3,(H,50,53)(H,51,54)(H,52,55)/t39-,40-,41-,42-/m0/s1. The summed E-state index contributed by atoms with van der Waals surface area (Å²) < 4.78 is 6.94. The van der Waals surface area contributed by atoms with Crippen molar-refractivity contribution in [2.45, 2.75) is 127 Å². The molecule has 4 atom stereocenters. The first-order valence-electron chi connectivity index (χ1n) is 20.7. The van der Waals surface area contributed by atoms with Crippen LogP contribution in [0.4, 0.5) is 0 Å². The molecule has 0 unspecified atom stereocenters. The number of nitrogens with one attached hydrogen (secondary N) is 3. The Morgan fingerprint density at radius 3 is 1.15 bits per heavy atom. The predicted molar refractivity (Wildman–Crippen MR) is 244 cm³/mol. The third-order valence-electron chi connectivity index (χ3n) is 10.8. The Bertz CT molecular complexity index is 1950. The maximum Gasteiger partial charge on any atom is 0.315 e. The molecule has 4 rings (SSSR count). The smallest absolute Gasteiger partial charge is 0.315 e. The third-order valence-corrected chi connectivity index (χ3v) is 22.5. The van der Waals surface area contributed by atoms with Crippen molar-refractivity contribution in [1.29, 1.82) is 0 Å². The van der Waals surface area contributed by atoms with Crippen LogP contribution in [0.25, 0.3) is 0 Å². The van der Waals surface area contributed by atoms with Crippen LogP contribution < -0.4 is 21.7 Å².